The lowest BCUT2D eigenvalue weighted by Gasteiger charge is -2.36. The van der Waals surface area contributed by atoms with Gasteiger partial charge in [-0.2, -0.15) is 0 Å². The van der Waals surface area contributed by atoms with E-state index in [0.29, 0.717) is 11.3 Å². The highest BCUT2D eigenvalue weighted by Gasteiger charge is 2.31. The summed E-state index contributed by atoms with van der Waals surface area (Å²) in [6.07, 6.45) is 5.96. The van der Waals surface area contributed by atoms with Crippen molar-refractivity contribution in [1.82, 2.24) is 5.16 Å². The van der Waals surface area contributed by atoms with Crippen LogP contribution in [0.15, 0.2) is 10.6 Å². The molecule has 1 unspecified atom stereocenters. The maximum Gasteiger partial charge on any atom is 0.153 e. The van der Waals surface area contributed by atoms with E-state index in [1.54, 1.807) is 0 Å². The second kappa shape index (κ2) is 5.66. The fourth-order valence-electron chi connectivity index (χ4n) is 3.13. The second-order valence-electron chi connectivity index (χ2n) is 7.08. The molecule has 0 amide bonds. The molecule has 1 saturated carbocycles. The number of hydrogen-bond acceptors (Lipinski definition) is 3. The molecule has 108 valence electrons. The van der Waals surface area contributed by atoms with Gasteiger partial charge in [0.15, 0.2) is 5.76 Å². The van der Waals surface area contributed by atoms with E-state index in [-0.39, 0.29) is 6.04 Å². The Morgan fingerprint density at radius 3 is 2.47 bits per heavy atom. The fourth-order valence-corrected chi connectivity index (χ4v) is 3.13. The van der Waals surface area contributed by atoms with Gasteiger partial charge in [0, 0.05) is 12.0 Å². The van der Waals surface area contributed by atoms with Crippen LogP contribution in [0.5, 0.6) is 0 Å². The molecule has 1 atom stereocenters. The zero-order chi connectivity index (χ0) is 14.0. The van der Waals surface area contributed by atoms with E-state index in [1.807, 2.05) is 0 Å². The van der Waals surface area contributed by atoms with Crippen molar-refractivity contribution in [3.05, 3.63) is 17.5 Å². The minimum absolute atomic E-state index is 0.00726. The molecule has 1 aromatic rings. The van der Waals surface area contributed by atoms with Crippen LogP contribution in [-0.4, -0.2) is 5.16 Å². The number of rotatable bonds is 3. The van der Waals surface area contributed by atoms with Crippen LogP contribution >= 0.6 is 0 Å². The van der Waals surface area contributed by atoms with Crippen LogP contribution in [0.4, 0.5) is 0 Å². The number of nitrogens with zero attached hydrogens (tertiary/aromatic N) is 1. The van der Waals surface area contributed by atoms with Crippen LogP contribution in [0, 0.1) is 11.3 Å². The quantitative estimate of drug-likeness (QED) is 0.880. The van der Waals surface area contributed by atoms with Crippen LogP contribution < -0.4 is 5.73 Å². The van der Waals surface area contributed by atoms with Gasteiger partial charge in [0.1, 0.15) is 0 Å². The molecule has 1 aliphatic rings. The first-order valence-electron chi connectivity index (χ1n) is 7.64. The van der Waals surface area contributed by atoms with Crippen LogP contribution in [0.1, 0.15) is 83.2 Å². The lowest BCUT2D eigenvalue weighted by molar-refractivity contribution is 0.167. The van der Waals surface area contributed by atoms with E-state index in [1.165, 1.54) is 25.7 Å². The third-order valence-electron chi connectivity index (χ3n) is 4.72. The Morgan fingerprint density at radius 2 is 1.95 bits per heavy atom. The van der Waals surface area contributed by atoms with Gasteiger partial charge in [-0.05, 0) is 43.4 Å². The number of nitrogens with two attached hydrogens (primary N) is 1. The highest BCUT2D eigenvalue weighted by molar-refractivity contribution is 5.14. The lowest BCUT2D eigenvalue weighted by Crippen LogP contribution is -2.25. The Bertz CT molecular complexity index is 397. The normalized spacial score (nSPS) is 26.4. The van der Waals surface area contributed by atoms with Crippen LogP contribution in [0.2, 0.25) is 0 Å². The highest BCUT2D eigenvalue weighted by Crippen LogP contribution is 2.43. The van der Waals surface area contributed by atoms with Gasteiger partial charge in [-0.1, -0.05) is 32.9 Å². The topological polar surface area (TPSA) is 52.0 Å². The Hall–Kier alpha value is -0.830. The van der Waals surface area contributed by atoms with E-state index in [2.05, 4.69) is 38.9 Å². The van der Waals surface area contributed by atoms with E-state index in [4.69, 9.17) is 10.3 Å². The third kappa shape index (κ3) is 3.38. The van der Waals surface area contributed by atoms with Crippen LogP contribution in [0.25, 0.3) is 0 Å². The molecule has 0 aliphatic heterocycles. The van der Waals surface area contributed by atoms with Gasteiger partial charge in [0.25, 0.3) is 0 Å². The fraction of sp³-hybridized carbons (Fsp3) is 0.812. The predicted octanol–water partition coefficient (Wildman–Crippen LogP) is 4.40. The SMILES string of the molecule is CCC(N)c1cc(C2CCC(C(C)(C)C)CC2)no1. The van der Waals surface area contributed by atoms with Crippen molar-refractivity contribution >= 4 is 0 Å². The summed E-state index contributed by atoms with van der Waals surface area (Å²) in [7, 11) is 0. The van der Waals surface area contributed by atoms with Crippen molar-refractivity contribution in [3.63, 3.8) is 0 Å². The zero-order valence-corrected chi connectivity index (χ0v) is 12.8. The van der Waals surface area contributed by atoms with Crippen molar-refractivity contribution in [2.75, 3.05) is 0 Å². The Balaban J connectivity index is 1.96. The molecule has 1 fully saturated rings. The molecule has 1 aliphatic carbocycles. The smallest absolute Gasteiger partial charge is 0.153 e. The van der Waals surface area contributed by atoms with Gasteiger partial charge in [-0.25, -0.2) is 0 Å². The van der Waals surface area contributed by atoms with Gasteiger partial charge in [0.05, 0.1) is 11.7 Å². The Morgan fingerprint density at radius 1 is 1.32 bits per heavy atom. The van der Waals surface area contributed by atoms with E-state index in [0.717, 1.165) is 23.8 Å². The summed E-state index contributed by atoms with van der Waals surface area (Å²) in [6.45, 7) is 9.13. The largest absolute Gasteiger partial charge is 0.359 e. The van der Waals surface area contributed by atoms with Gasteiger partial charge in [0.2, 0.25) is 0 Å². The van der Waals surface area contributed by atoms with Crippen molar-refractivity contribution in [2.45, 2.75) is 71.8 Å². The second-order valence-corrected chi connectivity index (χ2v) is 7.08. The maximum absolute atomic E-state index is 5.98. The molecule has 1 heterocycles. The van der Waals surface area contributed by atoms with Gasteiger partial charge >= 0.3 is 0 Å². The molecule has 3 heteroatoms. The molecule has 0 bridgehead atoms. The Kier molecular flexibility index (Phi) is 4.34. The minimum atomic E-state index is -0.00726. The molecule has 0 aromatic carbocycles. The molecule has 0 radical (unpaired) electrons. The summed E-state index contributed by atoms with van der Waals surface area (Å²) in [4.78, 5) is 0. The highest BCUT2D eigenvalue weighted by atomic mass is 16.5. The monoisotopic (exact) mass is 264 g/mol. The summed E-state index contributed by atoms with van der Waals surface area (Å²) in [6, 6.07) is 2.07. The van der Waals surface area contributed by atoms with Gasteiger partial charge in [-0.3, -0.25) is 0 Å². The zero-order valence-electron chi connectivity index (χ0n) is 12.8. The first-order chi connectivity index (χ1) is 8.91. The molecule has 19 heavy (non-hydrogen) atoms. The molecule has 2 N–H and O–H groups in total. The standard InChI is InChI=1S/C16H28N2O/c1-5-13(17)15-10-14(18-19-15)11-6-8-12(9-7-11)16(2,3)4/h10-13H,5-9,17H2,1-4H3. The average molecular weight is 264 g/mol. The molecule has 0 saturated heterocycles. The van der Waals surface area contributed by atoms with E-state index >= 15 is 0 Å². The number of aromatic nitrogens is 1. The van der Waals surface area contributed by atoms with Crippen molar-refractivity contribution in [3.8, 4) is 0 Å². The van der Waals surface area contributed by atoms with Crippen LogP contribution in [0.3, 0.4) is 0 Å². The maximum atomic E-state index is 5.98. The molecule has 2 rings (SSSR count). The summed E-state index contributed by atoms with van der Waals surface area (Å²) in [5.41, 5.74) is 7.53. The van der Waals surface area contributed by atoms with Gasteiger partial charge in [-0.15, -0.1) is 0 Å². The van der Waals surface area contributed by atoms with Gasteiger partial charge < -0.3 is 10.3 Å². The summed E-state index contributed by atoms with van der Waals surface area (Å²) >= 11 is 0. The average Bonchev–Trinajstić information content (AvgIpc) is 2.86. The molecule has 1 aromatic heterocycles. The number of hydrogen-bond donors (Lipinski definition) is 1. The molecule has 3 nitrogen and oxygen atoms in total. The first-order valence-corrected chi connectivity index (χ1v) is 7.64. The molecule has 0 spiro atoms. The van der Waals surface area contributed by atoms with Crippen LogP contribution in [-0.2, 0) is 0 Å². The molecular weight excluding hydrogens is 236 g/mol. The summed E-state index contributed by atoms with van der Waals surface area (Å²) in [5, 5.41) is 4.24. The lowest BCUT2D eigenvalue weighted by atomic mass is 9.69. The van der Waals surface area contributed by atoms with Crippen molar-refractivity contribution in [2.24, 2.45) is 17.1 Å². The van der Waals surface area contributed by atoms with Crippen molar-refractivity contribution in [1.29, 1.82) is 0 Å². The van der Waals surface area contributed by atoms with E-state index < -0.39 is 0 Å². The minimum Gasteiger partial charge on any atom is -0.359 e. The Labute approximate surface area is 116 Å². The van der Waals surface area contributed by atoms with E-state index in [9.17, 15) is 0 Å². The van der Waals surface area contributed by atoms with Crippen molar-refractivity contribution < 1.29 is 4.52 Å². The third-order valence-corrected chi connectivity index (χ3v) is 4.72. The molecular formula is C16H28N2O. The predicted molar refractivity (Wildman–Crippen MR) is 77.9 cm³/mol. The summed E-state index contributed by atoms with van der Waals surface area (Å²) < 4.78 is 5.39. The summed E-state index contributed by atoms with van der Waals surface area (Å²) in [5.74, 6) is 2.25. The first kappa shape index (κ1) is 14.6.